The third-order valence-corrected chi connectivity index (χ3v) is 4.52. The lowest BCUT2D eigenvalue weighted by molar-refractivity contribution is -0.133. The van der Waals surface area contributed by atoms with E-state index < -0.39 is 0 Å². The van der Waals surface area contributed by atoms with Crippen LogP contribution in [0.25, 0.3) is 0 Å². The van der Waals surface area contributed by atoms with Crippen LogP contribution in [-0.2, 0) is 9.59 Å². The lowest BCUT2D eigenvalue weighted by Gasteiger charge is -2.32. The lowest BCUT2D eigenvalue weighted by Crippen LogP contribution is -2.46. The first kappa shape index (κ1) is 19.0. The van der Waals surface area contributed by atoms with Crippen LogP contribution < -0.4 is 10.2 Å². The molecular weight excluding hydrogens is 318 g/mol. The minimum absolute atomic E-state index is 0.0271. The van der Waals surface area contributed by atoms with Crippen molar-refractivity contribution in [2.75, 3.05) is 32.1 Å². The summed E-state index contributed by atoms with van der Waals surface area (Å²) in [6, 6.07) is 7.57. The van der Waals surface area contributed by atoms with Crippen LogP contribution in [0.15, 0.2) is 24.3 Å². The van der Waals surface area contributed by atoms with E-state index in [4.69, 9.17) is 0 Å². The van der Waals surface area contributed by atoms with Crippen molar-refractivity contribution in [2.45, 2.75) is 38.6 Å². The number of carbonyl (C=O) groups is 3. The molecule has 0 bridgehead atoms. The van der Waals surface area contributed by atoms with E-state index in [1.165, 1.54) is 6.92 Å². The van der Waals surface area contributed by atoms with Crippen LogP contribution >= 0.6 is 0 Å². The number of ketones is 1. The number of anilines is 1. The van der Waals surface area contributed by atoms with Crippen LogP contribution in [-0.4, -0.2) is 55.7 Å². The van der Waals surface area contributed by atoms with Crippen molar-refractivity contribution < 1.29 is 14.4 Å². The van der Waals surface area contributed by atoms with Crippen molar-refractivity contribution in [3.8, 4) is 0 Å². The van der Waals surface area contributed by atoms with E-state index in [1.807, 2.05) is 43.3 Å². The quantitative estimate of drug-likeness (QED) is 0.854. The highest BCUT2D eigenvalue weighted by Gasteiger charge is 2.24. The second kappa shape index (κ2) is 8.65. The molecule has 6 nitrogen and oxygen atoms in total. The summed E-state index contributed by atoms with van der Waals surface area (Å²) in [6.45, 7) is 2.75. The number of hydrogen-bond acceptors (Lipinski definition) is 4. The van der Waals surface area contributed by atoms with E-state index in [2.05, 4.69) is 5.32 Å². The second-order valence-corrected chi connectivity index (χ2v) is 6.77. The van der Waals surface area contributed by atoms with Gasteiger partial charge in [0.05, 0.1) is 0 Å². The molecule has 2 rings (SSSR count). The summed E-state index contributed by atoms with van der Waals surface area (Å²) in [5.74, 6) is -0.0123. The van der Waals surface area contributed by atoms with Crippen molar-refractivity contribution in [1.82, 2.24) is 10.2 Å². The van der Waals surface area contributed by atoms with Gasteiger partial charge in [-0.15, -0.1) is 0 Å². The summed E-state index contributed by atoms with van der Waals surface area (Å²) >= 11 is 0. The average molecular weight is 345 g/mol. The molecule has 1 saturated heterocycles. The van der Waals surface area contributed by atoms with E-state index in [-0.39, 0.29) is 30.1 Å². The molecule has 2 amide bonds. The number of hydrogen-bond donors (Lipinski definition) is 1. The molecule has 1 aliphatic rings. The van der Waals surface area contributed by atoms with Gasteiger partial charge in [-0.1, -0.05) is 0 Å². The Kier molecular flexibility index (Phi) is 6.56. The van der Waals surface area contributed by atoms with Crippen molar-refractivity contribution in [2.24, 2.45) is 0 Å². The average Bonchev–Trinajstić information content (AvgIpc) is 2.60. The van der Waals surface area contributed by atoms with Crippen molar-refractivity contribution in [1.29, 1.82) is 0 Å². The zero-order chi connectivity index (χ0) is 18.4. The summed E-state index contributed by atoms with van der Waals surface area (Å²) in [4.78, 5) is 39.1. The maximum absolute atomic E-state index is 12.3. The number of nitrogens with one attached hydrogen (secondary N) is 1. The Balaban J connectivity index is 1.80. The highest BCUT2D eigenvalue weighted by Crippen LogP contribution is 2.15. The molecule has 1 aromatic carbocycles. The van der Waals surface area contributed by atoms with Gasteiger partial charge in [-0.05, 0) is 44.0 Å². The number of nitrogens with zero attached hydrogens (tertiary/aromatic N) is 2. The minimum atomic E-state index is -0.0772. The van der Waals surface area contributed by atoms with Crippen LogP contribution in [0, 0.1) is 0 Å². The summed E-state index contributed by atoms with van der Waals surface area (Å²) in [5, 5.41) is 3.05. The number of carbonyl (C=O) groups excluding carboxylic acids is 3. The van der Waals surface area contributed by atoms with E-state index >= 15 is 0 Å². The van der Waals surface area contributed by atoms with Crippen LogP contribution in [0.4, 0.5) is 5.69 Å². The van der Waals surface area contributed by atoms with Crippen molar-refractivity contribution >= 4 is 23.3 Å². The third-order valence-electron chi connectivity index (χ3n) is 4.52. The van der Waals surface area contributed by atoms with Gasteiger partial charge in [0.1, 0.15) is 5.78 Å². The molecule has 0 aliphatic carbocycles. The molecule has 25 heavy (non-hydrogen) atoms. The van der Waals surface area contributed by atoms with E-state index in [1.54, 1.807) is 4.90 Å². The van der Waals surface area contributed by atoms with Crippen LogP contribution in [0.2, 0.25) is 0 Å². The van der Waals surface area contributed by atoms with Gasteiger partial charge in [-0.2, -0.15) is 0 Å². The molecule has 1 aliphatic heterocycles. The summed E-state index contributed by atoms with van der Waals surface area (Å²) in [7, 11) is 3.92. The fourth-order valence-electron chi connectivity index (χ4n) is 2.89. The molecule has 0 saturated carbocycles. The molecule has 0 spiro atoms. The van der Waals surface area contributed by atoms with Crippen molar-refractivity contribution in [3.05, 3.63) is 29.8 Å². The zero-order valence-corrected chi connectivity index (χ0v) is 15.2. The monoisotopic (exact) mass is 345 g/mol. The number of amides is 2. The SMILES string of the molecule is CC(=O)CCC(=O)N1CCC(NC(=O)c2ccc(N(C)C)cc2)CC1. The summed E-state index contributed by atoms with van der Waals surface area (Å²) < 4.78 is 0. The largest absolute Gasteiger partial charge is 0.378 e. The van der Waals surface area contributed by atoms with E-state index in [0.717, 1.165) is 18.5 Å². The van der Waals surface area contributed by atoms with E-state index in [0.29, 0.717) is 25.1 Å². The zero-order valence-electron chi connectivity index (χ0n) is 15.2. The Bertz CT molecular complexity index is 617. The van der Waals surface area contributed by atoms with Crippen LogP contribution in [0.3, 0.4) is 0 Å². The summed E-state index contributed by atoms with van der Waals surface area (Å²) in [6.07, 6.45) is 2.07. The third kappa shape index (κ3) is 5.59. The van der Waals surface area contributed by atoms with Crippen LogP contribution in [0.1, 0.15) is 43.0 Å². The predicted octanol–water partition coefficient (Wildman–Crippen LogP) is 1.84. The van der Waals surface area contributed by atoms with Gasteiger partial charge in [0.15, 0.2) is 0 Å². The molecule has 6 heteroatoms. The van der Waals surface area contributed by atoms with Gasteiger partial charge in [-0.25, -0.2) is 0 Å². The number of rotatable bonds is 6. The molecule has 136 valence electrons. The molecule has 1 fully saturated rings. The number of likely N-dealkylation sites (tertiary alicyclic amines) is 1. The Morgan fingerprint density at radius 3 is 2.20 bits per heavy atom. The first-order valence-electron chi connectivity index (χ1n) is 8.72. The fraction of sp³-hybridized carbons (Fsp3) is 0.526. The first-order valence-corrected chi connectivity index (χ1v) is 8.72. The number of Topliss-reactive ketones (excluding diaryl/α,β-unsaturated/α-hetero) is 1. The molecule has 1 heterocycles. The fourth-order valence-corrected chi connectivity index (χ4v) is 2.89. The normalized spacial score (nSPS) is 14.9. The minimum Gasteiger partial charge on any atom is -0.378 e. The van der Waals surface area contributed by atoms with Gasteiger partial charge < -0.3 is 19.9 Å². The Hall–Kier alpha value is -2.37. The predicted molar refractivity (Wildman–Crippen MR) is 97.8 cm³/mol. The van der Waals surface area contributed by atoms with E-state index in [9.17, 15) is 14.4 Å². The van der Waals surface area contributed by atoms with Crippen LogP contribution in [0.5, 0.6) is 0 Å². The molecule has 0 aromatic heterocycles. The van der Waals surface area contributed by atoms with Crippen molar-refractivity contribution in [3.63, 3.8) is 0 Å². The smallest absolute Gasteiger partial charge is 0.251 e. The van der Waals surface area contributed by atoms with Gasteiger partial charge in [-0.3, -0.25) is 9.59 Å². The molecule has 1 aromatic rings. The Labute approximate surface area is 149 Å². The highest BCUT2D eigenvalue weighted by molar-refractivity contribution is 5.94. The first-order chi connectivity index (χ1) is 11.9. The van der Waals surface area contributed by atoms with Gasteiger partial charge >= 0.3 is 0 Å². The molecule has 1 N–H and O–H groups in total. The number of benzene rings is 1. The molecular formula is C19H27N3O3. The lowest BCUT2D eigenvalue weighted by atomic mass is 10.0. The molecule has 0 unspecified atom stereocenters. The Morgan fingerprint density at radius 1 is 1.08 bits per heavy atom. The van der Waals surface area contributed by atoms with Gasteiger partial charge in [0.2, 0.25) is 5.91 Å². The summed E-state index contributed by atoms with van der Waals surface area (Å²) in [5.41, 5.74) is 1.69. The maximum Gasteiger partial charge on any atom is 0.251 e. The molecule has 0 atom stereocenters. The standard InChI is InChI=1S/C19H27N3O3/c1-14(23)4-9-18(24)22-12-10-16(11-13-22)20-19(25)15-5-7-17(8-6-15)21(2)3/h5-8,16H,4,9-13H2,1-3H3,(H,20,25). The number of piperidine rings is 1. The second-order valence-electron chi connectivity index (χ2n) is 6.77. The van der Waals surface area contributed by atoms with Gasteiger partial charge in [0.25, 0.3) is 5.91 Å². The van der Waals surface area contributed by atoms with Gasteiger partial charge in [0, 0.05) is 57.3 Å². The highest BCUT2D eigenvalue weighted by atomic mass is 16.2. The Morgan fingerprint density at radius 2 is 1.68 bits per heavy atom. The maximum atomic E-state index is 12.3. The topological polar surface area (TPSA) is 69.7 Å². The molecule has 0 radical (unpaired) electrons.